The van der Waals surface area contributed by atoms with Gasteiger partial charge < -0.3 is 16.2 Å². The Morgan fingerprint density at radius 1 is 1.23 bits per heavy atom. The highest BCUT2D eigenvalue weighted by atomic mass is 32.2. The molecule has 2 fully saturated rings. The van der Waals surface area contributed by atoms with E-state index >= 15 is 0 Å². The second-order valence-corrected chi connectivity index (χ2v) is 11.8. The number of hydrogen-bond acceptors (Lipinski definition) is 7. The molecule has 2 heterocycles. The van der Waals surface area contributed by atoms with Crippen LogP contribution in [-0.2, 0) is 15.4 Å². The fourth-order valence-electron chi connectivity index (χ4n) is 5.13. The molecule has 1 aromatic heterocycles. The SMILES string of the molecule is CC[C@]1(n2cc(C(N)O)c(Nc3ccc(S(C)(=O)=O)cc3)n2)CC[C@H](N2CC(C(F)(F)F)C2)CC1. The van der Waals surface area contributed by atoms with Crippen molar-refractivity contribution in [3.63, 3.8) is 0 Å². The predicted molar refractivity (Wildman–Crippen MR) is 126 cm³/mol. The van der Waals surface area contributed by atoms with E-state index in [1.807, 2.05) is 9.58 Å². The highest BCUT2D eigenvalue weighted by Crippen LogP contribution is 2.43. The maximum atomic E-state index is 12.9. The molecular weight excluding hydrogens is 483 g/mol. The summed E-state index contributed by atoms with van der Waals surface area (Å²) in [6.07, 6.45) is 1.30. The molecule has 1 aromatic carbocycles. The van der Waals surface area contributed by atoms with E-state index in [1.165, 1.54) is 12.1 Å². The highest BCUT2D eigenvalue weighted by molar-refractivity contribution is 7.90. The van der Waals surface area contributed by atoms with Gasteiger partial charge >= 0.3 is 6.18 Å². The Morgan fingerprint density at radius 2 is 1.83 bits per heavy atom. The summed E-state index contributed by atoms with van der Waals surface area (Å²) in [5.41, 5.74) is 6.47. The third kappa shape index (κ3) is 5.35. The summed E-state index contributed by atoms with van der Waals surface area (Å²) >= 11 is 0. The van der Waals surface area contributed by atoms with Crippen molar-refractivity contribution < 1.29 is 26.7 Å². The molecule has 12 heteroatoms. The first-order chi connectivity index (χ1) is 16.3. The largest absolute Gasteiger partial charge is 0.394 e. The Morgan fingerprint density at radius 3 is 2.31 bits per heavy atom. The summed E-state index contributed by atoms with van der Waals surface area (Å²) in [6.45, 7) is 2.20. The van der Waals surface area contributed by atoms with E-state index < -0.39 is 28.2 Å². The molecule has 0 radical (unpaired) electrons. The molecule has 0 bridgehead atoms. The van der Waals surface area contributed by atoms with Crippen LogP contribution in [0, 0.1) is 5.92 Å². The van der Waals surface area contributed by atoms with E-state index in [-0.39, 0.29) is 29.6 Å². The number of likely N-dealkylation sites (tertiary alicyclic amines) is 1. The molecule has 4 rings (SSSR count). The van der Waals surface area contributed by atoms with Crippen molar-refractivity contribution in [1.82, 2.24) is 14.7 Å². The molecule has 194 valence electrons. The zero-order chi connectivity index (χ0) is 25.6. The fraction of sp³-hybridized carbons (Fsp3) is 0.609. The smallest absolute Gasteiger partial charge is 0.374 e. The van der Waals surface area contributed by atoms with Gasteiger partial charge in [-0.1, -0.05) is 6.92 Å². The van der Waals surface area contributed by atoms with Crippen LogP contribution in [0.1, 0.15) is 50.8 Å². The number of anilines is 2. The molecule has 1 unspecified atom stereocenters. The van der Waals surface area contributed by atoms with Crippen LogP contribution in [0.3, 0.4) is 0 Å². The predicted octanol–water partition coefficient (Wildman–Crippen LogP) is 3.52. The topological polar surface area (TPSA) is 113 Å². The van der Waals surface area contributed by atoms with Gasteiger partial charge in [-0.15, -0.1) is 0 Å². The van der Waals surface area contributed by atoms with Crippen molar-refractivity contribution >= 4 is 21.3 Å². The number of aliphatic hydroxyl groups is 1. The molecule has 1 aliphatic carbocycles. The van der Waals surface area contributed by atoms with Gasteiger partial charge in [-0.05, 0) is 56.4 Å². The monoisotopic (exact) mass is 515 g/mol. The van der Waals surface area contributed by atoms with E-state index in [9.17, 15) is 26.7 Å². The first-order valence-corrected chi connectivity index (χ1v) is 13.6. The number of alkyl halides is 3. The maximum Gasteiger partial charge on any atom is 0.394 e. The number of nitrogens with zero attached hydrogens (tertiary/aromatic N) is 3. The van der Waals surface area contributed by atoms with E-state index in [0.29, 0.717) is 17.1 Å². The standard InChI is InChI=1S/C23H32F3N5O3S/c1-3-22(10-8-17(9-11-22)30-12-15(13-30)23(24,25)26)31-14-19(20(27)32)21(29-31)28-16-4-6-18(7-5-16)35(2,33)34/h4-7,14-15,17,20,32H,3,8-13,27H2,1-2H3,(H,28,29)/t17-,20?,22-. The first kappa shape index (κ1) is 25.9. The molecule has 8 nitrogen and oxygen atoms in total. The van der Waals surface area contributed by atoms with Gasteiger partial charge in [0.1, 0.15) is 6.23 Å². The summed E-state index contributed by atoms with van der Waals surface area (Å²) in [5.74, 6) is -0.849. The summed E-state index contributed by atoms with van der Waals surface area (Å²) in [7, 11) is -3.32. The molecule has 1 saturated carbocycles. The lowest BCUT2D eigenvalue weighted by Crippen LogP contribution is -2.58. The molecular formula is C23H32F3N5O3S. The number of aromatic nitrogens is 2. The van der Waals surface area contributed by atoms with Crippen LogP contribution in [0.2, 0.25) is 0 Å². The zero-order valence-corrected chi connectivity index (χ0v) is 20.6. The lowest BCUT2D eigenvalue weighted by Gasteiger charge is -2.49. The van der Waals surface area contributed by atoms with Gasteiger partial charge in [-0.2, -0.15) is 18.3 Å². The van der Waals surface area contributed by atoms with Crippen molar-refractivity contribution in [2.24, 2.45) is 11.7 Å². The number of halogens is 3. The van der Waals surface area contributed by atoms with Crippen LogP contribution in [-0.4, -0.2) is 59.8 Å². The van der Waals surface area contributed by atoms with E-state index in [0.717, 1.165) is 38.4 Å². The van der Waals surface area contributed by atoms with Crippen molar-refractivity contribution in [3.8, 4) is 0 Å². The Kier molecular flexibility index (Phi) is 6.95. The van der Waals surface area contributed by atoms with Gasteiger partial charge in [0.15, 0.2) is 15.7 Å². The lowest BCUT2D eigenvalue weighted by molar-refractivity contribution is -0.215. The van der Waals surface area contributed by atoms with Crippen LogP contribution in [0.4, 0.5) is 24.7 Å². The number of benzene rings is 1. The van der Waals surface area contributed by atoms with E-state index in [1.54, 1.807) is 18.3 Å². The van der Waals surface area contributed by atoms with Crippen LogP contribution in [0.25, 0.3) is 0 Å². The summed E-state index contributed by atoms with van der Waals surface area (Å²) in [5, 5.41) is 18.0. The van der Waals surface area contributed by atoms with Gasteiger partial charge in [-0.3, -0.25) is 9.58 Å². The zero-order valence-electron chi connectivity index (χ0n) is 19.8. The second kappa shape index (κ2) is 9.38. The van der Waals surface area contributed by atoms with Crippen LogP contribution in [0.5, 0.6) is 0 Å². The minimum atomic E-state index is -4.12. The number of sulfone groups is 1. The molecule has 2 aliphatic rings. The summed E-state index contributed by atoms with van der Waals surface area (Å²) in [6, 6.07) is 6.34. The van der Waals surface area contributed by atoms with E-state index in [4.69, 9.17) is 10.8 Å². The average molecular weight is 516 g/mol. The molecule has 1 aliphatic heterocycles. The molecule has 1 saturated heterocycles. The third-order valence-electron chi connectivity index (χ3n) is 7.53. The quantitative estimate of drug-likeness (QED) is 0.484. The molecule has 0 amide bonds. The summed E-state index contributed by atoms with van der Waals surface area (Å²) < 4.78 is 63.9. The van der Waals surface area contributed by atoms with Crippen molar-refractivity contribution in [1.29, 1.82) is 0 Å². The van der Waals surface area contributed by atoms with Crippen LogP contribution < -0.4 is 11.1 Å². The van der Waals surface area contributed by atoms with Gasteiger partial charge in [0.05, 0.1) is 21.9 Å². The third-order valence-corrected chi connectivity index (χ3v) is 8.65. The van der Waals surface area contributed by atoms with Crippen molar-refractivity contribution in [3.05, 3.63) is 36.0 Å². The molecule has 4 N–H and O–H groups in total. The molecule has 0 spiro atoms. The van der Waals surface area contributed by atoms with Crippen LogP contribution in [0.15, 0.2) is 35.4 Å². The average Bonchev–Trinajstić information content (AvgIpc) is 3.17. The summed E-state index contributed by atoms with van der Waals surface area (Å²) in [4.78, 5) is 2.13. The fourth-order valence-corrected chi connectivity index (χ4v) is 5.76. The Hall–Kier alpha value is -2.15. The first-order valence-electron chi connectivity index (χ1n) is 11.7. The van der Waals surface area contributed by atoms with E-state index in [2.05, 4.69) is 12.2 Å². The molecule has 35 heavy (non-hydrogen) atoms. The minimum absolute atomic E-state index is 0.0742. The van der Waals surface area contributed by atoms with Crippen molar-refractivity contribution in [2.75, 3.05) is 24.7 Å². The Balaban J connectivity index is 1.49. The number of rotatable bonds is 7. The van der Waals surface area contributed by atoms with Crippen molar-refractivity contribution in [2.45, 2.75) is 67.9 Å². The second-order valence-electron chi connectivity index (χ2n) is 9.75. The van der Waals surface area contributed by atoms with Gasteiger partial charge in [0.2, 0.25) is 0 Å². The Labute approximate surface area is 203 Å². The molecule has 1 atom stereocenters. The minimum Gasteiger partial charge on any atom is -0.374 e. The number of aliphatic hydroxyl groups excluding tert-OH is 1. The number of nitrogens with one attached hydrogen (secondary N) is 1. The van der Waals surface area contributed by atoms with Gasteiger partial charge in [0.25, 0.3) is 0 Å². The maximum absolute atomic E-state index is 12.9. The highest BCUT2D eigenvalue weighted by Gasteiger charge is 2.50. The number of nitrogens with two attached hydrogens (primary N) is 1. The van der Waals surface area contributed by atoms with Crippen LogP contribution >= 0.6 is 0 Å². The number of hydrogen-bond donors (Lipinski definition) is 3. The lowest BCUT2D eigenvalue weighted by atomic mass is 9.76. The van der Waals surface area contributed by atoms with Gasteiger partial charge in [0, 0.05) is 37.3 Å². The normalized spacial score (nSPS) is 25.3. The molecule has 2 aromatic rings. The Bertz CT molecular complexity index is 1130. The van der Waals surface area contributed by atoms with Gasteiger partial charge in [-0.25, -0.2) is 8.42 Å².